The van der Waals surface area contributed by atoms with Gasteiger partial charge in [0, 0.05) is 5.56 Å². The Hall–Kier alpha value is -3.13. The SMILES string of the molecule is CC(C)COC(=O)CN1C(=O)S/C(=C\c2ccccc2OCc2ccc(F)cc2)C1=O. The number of hydrogen-bond acceptors (Lipinski definition) is 6. The normalized spacial score (nSPS) is 15.1. The zero-order chi connectivity index (χ0) is 22.4. The van der Waals surface area contributed by atoms with Crippen molar-refractivity contribution in [2.45, 2.75) is 20.5 Å². The summed E-state index contributed by atoms with van der Waals surface area (Å²) < 4.78 is 23.9. The molecule has 1 aliphatic heterocycles. The molecule has 0 aliphatic carbocycles. The summed E-state index contributed by atoms with van der Waals surface area (Å²) in [6.07, 6.45) is 1.56. The van der Waals surface area contributed by atoms with Gasteiger partial charge < -0.3 is 9.47 Å². The highest BCUT2D eigenvalue weighted by Gasteiger charge is 2.36. The van der Waals surface area contributed by atoms with Gasteiger partial charge in [-0.25, -0.2) is 4.39 Å². The highest BCUT2D eigenvalue weighted by atomic mass is 32.2. The number of thioether (sulfide) groups is 1. The van der Waals surface area contributed by atoms with Crippen LogP contribution < -0.4 is 4.74 Å². The number of para-hydroxylation sites is 1. The van der Waals surface area contributed by atoms with Gasteiger partial charge in [0.05, 0.1) is 11.5 Å². The lowest BCUT2D eigenvalue weighted by Gasteiger charge is -2.13. The zero-order valence-electron chi connectivity index (χ0n) is 17.2. The second-order valence-corrected chi connectivity index (χ2v) is 8.29. The molecule has 31 heavy (non-hydrogen) atoms. The molecule has 1 heterocycles. The van der Waals surface area contributed by atoms with Gasteiger partial charge in [0.1, 0.15) is 24.7 Å². The molecule has 0 unspecified atom stereocenters. The van der Waals surface area contributed by atoms with Crippen molar-refractivity contribution in [3.05, 3.63) is 70.4 Å². The van der Waals surface area contributed by atoms with Crippen LogP contribution in [0.3, 0.4) is 0 Å². The van der Waals surface area contributed by atoms with Crippen molar-refractivity contribution in [2.24, 2.45) is 5.92 Å². The predicted octanol–water partition coefficient (Wildman–Crippen LogP) is 4.64. The lowest BCUT2D eigenvalue weighted by Crippen LogP contribution is -2.34. The molecule has 1 aliphatic rings. The van der Waals surface area contributed by atoms with Crippen LogP contribution >= 0.6 is 11.8 Å². The van der Waals surface area contributed by atoms with Crippen LogP contribution in [0.4, 0.5) is 9.18 Å². The molecule has 0 N–H and O–H groups in total. The van der Waals surface area contributed by atoms with Gasteiger partial charge in [0.2, 0.25) is 0 Å². The fraction of sp³-hybridized carbons (Fsp3) is 0.261. The van der Waals surface area contributed by atoms with Crippen molar-refractivity contribution in [3.8, 4) is 5.75 Å². The van der Waals surface area contributed by atoms with Crippen molar-refractivity contribution in [1.29, 1.82) is 0 Å². The van der Waals surface area contributed by atoms with Crippen LogP contribution in [0.15, 0.2) is 53.4 Å². The number of carbonyl (C=O) groups is 3. The number of amides is 2. The third-order valence-corrected chi connectivity index (χ3v) is 5.16. The molecular formula is C23H22FNO5S. The van der Waals surface area contributed by atoms with Gasteiger partial charge >= 0.3 is 5.97 Å². The summed E-state index contributed by atoms with van der Waals surface area (Å²) in [7, 11) is 0. The van der Waals surface area contributed by atoms with Crippen LogP contribution in [0, 0.1) is 11.7 Å². The van der Waals surface area contributed by atoms with E-state index in [0.29, 0.717) is 11.3 Å². The first-order valence-corrected chi connectivity index (χ1v) is 10.5. The third-order valence-electron chi connectivity index (χ3n) is 4.25. The number of esters is 1. The van der Waals surface area contributed by atoms with Crippen LogP contribution in [-0.4, -0.2) is 35.2 Å². The predicted molar refractivity (Wildman–Crippen MR) is 116 cm³/mol. The Morgan fingerprint density at radius 3 is 2.55 bits per heavy atom. The summed E-state index contributed by atoms with van der Waals surface area (Å²) in [6.45, 7) is 3.81. The van der Waals surface area contributed by atoms with Gasteiger partial charge in [-0.1, -0.05) is 44.2 Å². The maximum Gasteiger partial charge on any atom is 0.326 e. The molecule has 0 spiro atoms. The Morgan fingerprint density at radius 1 is 1.13 bits per heavy atom. The summed E-state index contributed by atoms with van der Waals surface area (Å²) in [5.74, 6) is -0.835. The number of ether oxygens (including phenoxy) is 2. The van der Waals surface area contributed by atoms with Crippen molar-refractivity contribution >= 4 is 35.0 Å². The van der Waals surface area contributed by atoms with E-state index in [0.717, 1.165) is 22.2 Å². The van der Waals surface area contributed by atoms with Gasteiger partial charge in [0.25, 0.3) is 11.1 Å². The van der Waals surface area contributed by atoms with Crippen molar-refractivity contribution in [1.82, 2.24) is 4.90 Å². The maximum atomic E-state index is 13.1. The number of rotatable bonds is 8. The van der Waals surface area contributed by atoms with Crippen molar-refractivity contribution < 1.29 is 28.2 Å². The quantitative estimate of drug-likeness (QED) is 0.437. The second-order valence-electron chi connectivity index (χ2n) is 7.30. The average Bonchev–Trinajstić information content (AvgIpc) is 3.00. The summed E-state index contributed by atoms with van der Waals surface area (Å²) in [4.78, 5) is 37.9. The van der Waals surface area contributed by atoms with E-state index in [1.54, 1.807) is 42.5 Å². The minimum absolute atomic E-state index is 0.158. The van der Waals surface area contributed by atoms with E-state index in [1.807, 2.05) is 13.8 Å². The lowest BCUT2D eigenvalue weighted by atomic mass is 10.1. The monoisotopic (exact) mass is 443 g/mol. The number of halogens is 1. The van der Waals surface area contributed by atoms with E-state index in [9.17, 15) is 18.8 Å². The standard InChI is InChI=1S/C23H22FNO5S/c1-15(2)13-30-21(26)12-25-22(27)20(31-23(25)28)11-17-5-3-4-6-19(17)29-14-16-7-9-18(24)10-8-16/h3-11,15H,12-14H2,1-2H3/b20-11-. The Kier molecular flexibility index (Phi) is 7.46. The van der Waals surface area contributed by atoms with Gasteiger partial charge in [-0.3, -0.25) is 19.3 Å². The van der Waals surface area contributed by atoms with Gasteiger partial charge in [0.15, 0.2) is 0 Å². The molecule has 0 aromatic heterocycles. The Morgan fingerprint density at radius 2 is 1.84 bits per heavy atom. The molecule has 2 aromatic carbocycles. The second kappa shape index (κ2) is 10.3. The highest BCUT2D eigenvalue weighted by Crippen LogP contribution is 2.34. The first-order chi connectivity index (χ1) is 14.8. The Balaban J connectivity index is 1.70. The van der Waals surface area contributed by atoms with Crippen LogP contribution in [0.2, 0.25) is 0 Å². The molecule has 0 atom stereocenters. The van der Waals surface area contributed by atoms with Gasteiger partial charge in [-0.05, 0) is 47.5 Å². The number of carbonyl (C=O) groups excluding carboxylic acids is 3. The van der Waals surface area contributed by atoms with Crippen LogP contribution in [0.1, 0.15) is 25.0 Å². The molecule has 1 fully saturated rings. The van der Waals surface area contributed by atoms with E-state index < -0.39 is 23.7 Å². The average molecular weight is 443 g/mol. The molecule has 3 rings (SSSR count). The van der Waals surface area contributed by atoms with Crippen LogP contribution in [-0.2, 0) is 20.9 Å². The molecule has 2 aromatic rings. The molecule has 2 amide bonds. The first kappa shape index (κ1) is 22.6. The van der Waals surface area contributed by atoms with Gasteiger partial charge in [-0.2, -0.15) is 0 Å². The molecular weight excluding hydrogens is 421 g/mol. The largest absolute Gasteiger partial charge is 0.488 e. The van der Waals surface area contributed by atoms with E-state index in [2.05, 4.69) is 0 Å². The minimum Gasteiger partial charge on any atom is -0.488 e. The summed E-state index contributed by atoms with van der Waals surface area (Å²) in [5.41, 5.74) is 1.40. The maximum absolute atomic E-state index is 13.1. The number of hydrogen-bond donors (Lipinski definition) is 0. The van der Waals surface area contributed by atoms with E-state index >= 15 is 0 Å². The topological polar surface area (TPSA) is 72.9 Å². The Bertz CT molecular complexity index is 1000. The van der Waals surface area contributed by atoms with E-state index in [1.165, 1.54) is 12.1 Å². The molecule has 0 radical (unpaired) electrons. The smallest absolute Gasteiger partial charge is 0.326 e. The Labute approximate surface area is 184 Å². The first-order valence-electron chi connectivity index (χ1n) is 9.70. The van der Waals surface area contributed by atoms with Crippen LogP contribution in [0.25, 0.3) is 6.08 Å². The fourth-order valence-corrected chi connectivity index (χ4v) is 3.51. The lowest BCUT2D eigenvalue weighted by molar-refractivity contribution is -0.147. The number of benzene rings is 2. The van der Waals surface area contributed by atoms with Gasteiger partial charge in [-0.15, -0.1) is 0 Å². The number of imide groups is 1. The third kappa shape index (κ3) is 6.18. The van der Waals surface area contributed by atoms with Crippen molar-refractivity contribution in [3.63, 3.8) is 0 Å². The van der Waals surface area contributed by atoms with E-state index in [4.69, 9.17) is 9.47 Å². The molecule has 0 bridgehead atoms. The summed E-state index contributed by atoms with van der Waals surface area (Å²) in [6, 6.07) is 13.0. The summed E-state index contributed by atoms with van der Waals surface area (Å²) >= 11 is 0.761. The molecule has 162 valence electrons. The molecule has 1 saturated heterocycles. The van der Waals surface area contributed by atoms with Crippen molar-refractivity contribution in [2.75, 3.05) is 13.2 Å². The molecule has 6 nitrogen and oxygen atoms in total. The fourth-order valence-electron chi connectivity index (χ4n) is 2.68. The molecule has 8 heteroatoms. The summed E-state index contributed by atoms with van der Waals surface area (Å²) in [5, 5.41) is -0.526. The zero-order valence-corrected chi connectivity index (χ0v) is 18.0. The highest BCUT2D eigenvalue weighted by molar-refractivity contribution is 8.18. The van der Waals surface area contributed by atoms with Crippen LogP contribution in [0.5, 0.6) is 5.75 Å². The van der Waals surface area contributed by atoms with E-state index in [-0.39, 0.29) is 29.9 Å². The molecule has 0 saturated carbocycles. The number of nitrogens with zero attached hydrogens (tertiary/aromatic N) is 1. The minimum atomic E-state index is -0.625.